The van der Waals surface area contributed by atoms with Crippen molar-refractivity contribution >= 4 is 38.6 Å². The molecule has 4 aromatic carbocycles. The third-order valence-corrected chi connectivity index (χ3v) is 6.94. The Bertz CT molecular complexity index is 1390. The van der Waals surface area contributed by atoms with Crippen molar-refractivity contribution in [2.75, 3.05) is 10.8 Å². The Morgan fingerprint density at radius 3 is 2.30 bits per heavy atom. The Morgan fingerprint density at radius 2 is 1.55 bits per heavy atom. The fourth-order valence-electron chi connectivity index (χ4n) is 3.45. The molecule has 0 saturated heterocycles. The van der Waals surface area contributed by atoms with Gasteiger partial charge < -0.3 is 0 Å². The van der Waals surface area contributed by atoms with Crippen LogP contribution in [0.2, 0.25) is 0 Å². The van der Waals surface area contributed by atoms with Gasteiger partial charge in [-0.15, -0.1) is 0 Å². The summed E-state index contributed by atoms with van der Waals surface area (Å²) in [6, 6.07) is 28.7. The summed E-state index contributed by atoms with van der Waals surface area (Å²) < 4.78 is 27.7. The lowest BCUT2D eigenvalue weighted by molar-refractivity contribution is -0.119. The Morgan fingerprint density at radius 1 is 0.879 bits per heavy atom. The van der Waals surface area contributed by atoms with Crippen molar-refractivity contribution in [1.29, 1.82) is 0 Å². The molecule has 0 atom stereocenters. The lowest BCUT2D eigenvalue weighted by Crippen LogP contribution is -2.39. The number of nitrogens with zero attached hydrogens (tertiary/aromatic N) is 2. The maximum Gasteiger partial charge on any atom is 0.264 e. The number of hydrogen-bond donors (Lipinski definition) is 1. The van der Waals surface area contributed by atoms with Gasteiger partial charge in [0.05, 0.1) is 16.8 Å². The number of anilines is 1. The highest BCUT2D eigenvalue weighted by molar-refractivity contribution is 7.92. The Balaban J connectivity index is 1.56. The van der Waals surface area contributed by atoms with Crippen LogP contribution >= 0.6 is 0 Å². The predicted octanol–water partition coefficient (Wildman–Crippen LogP) is 4.49. The van der Waals surface area contributed by atoms with E-state index in [4.69, 9.17) is 0 Å². The molecule has 0 aromatic heterocycles. The first-order valence-electron chi connectivity index (χ1n) is 10.4. The number of carbonyl (C=O) groups is 1. The Hall–Kier alpha value is -3.97. The van der Waals surface area contributed by atoms with Crippen molar-refractivity contribution in [3.63, 3.8) is 0 Å². The monoisotopic (exact) mass is 457 g/mol. The standard InChI is InChI=1S/C26H23N3O3S/c1-20-14-16-23(17-15-20)29(33(31,32)24-11-3-2-4-12-24)19-26(30)28-27-18-22-10-7-9-21-8-5-6-13-25(21)22/h2-18H,19H2,1H3,(H,28,30)/b27-18-. The zero-order valence-electron chi connectivity index (χ0n) is 18.0. The molecule has 0 aliphatic heterocycles. The van der Waals surface area contributed by atoms with E-state index in [9.17, 15) is 13.2 Å². The summed E-state index contributed by atoms with van der Waals surface area (Å²) in [5.41, 5.74) is 4.69. The molecule has 6 nitrogen and oxygen atoms in total. The number of benzene rings is 4. The van der Waals surface area contributed by atoms with Crippen molar-refractivity contribution in [2.24, 2.45) is 5.10 Å². The molecule has 33 heavy (non-hydrogen) atoms. The fraction of sp³-hybridized carbons (Fsp3) is 0.0769. The van der Waals surface area contributed by atoms with E-state index < -0.39 is 22.5 Å². The molecule has 4 aromatic rings. The van der Waals surface area contributed by atoms with E-state index in [2.05, 4.69) is 10.5 Å². The lowest BCUT2D eigenvalue weighted by atomic mass is 10.1. The molecule has 0 saturated carbocycles. The molecule has 0 heterocycles. The minimum absolute atomic E-state index is 0.109. The van der Waals surface area contributed by atoms with E-state index in [0.29, 0.717) is 5.69 Å². The van der Waals surface area contributed by atoms with Gasteiger partial charge in [0.15, 0.2) is 0 Å². The van der Waals surface area contributed by atoms with Gasteiger partial charge in [-0.1, -0.05) is 78.4 Å². The van der Waals surface area contributed by atoms with Crippen LogP contribution in [0.25, 0.3) is 10.8 Å². The highest BCUT2D eigenvalue weighted by Crippen LogP contribution is 2.24. The second kappa shape index (κ2) is 9.67. The van der Waals surface area contributed by atoms with Crippen LogP contribution in [-0.4, -0.2) is 27.1 Å². The number of fused-ring (bicyclic) bond motifs is 1. The van der Waals surface area contributed by atoms with Crippen LogP contribution in [-0.2, 0) is 14.8 Å². The SMILES string of the molecule is Cc1ccc(N(CC(=O)N/N=C\c2cccc3ccccc23)S(=O)(=O)c2ccccc2)cc1. The molecule has 4 rings (SSSR count). The van der Waals surface area contributed by atoms with Gasteiger partial charge in [-0.05, 0) is 42.0 Å². The molecule has 0 aliphatic carbocycles. The number of sulfonamides is 1. The number of nitrogens with one attached hydrogen (secondary N) is 1. The number of hydrazone groups is 1. The third kappa shape index (κ3) is 5.10. The van der Waals surface area contributed by atoms with Crippen molar-refractivity contribution < 1.29 is 13.2 Å². The highest BCUT2D eigenvalue weighted by atomic mass is 32.2. The molecule has 7 heteroatoms. The van der Waals surface area contributed by atoms with Crippen molar-refractivity contribution in [3.8, 4) is 0 Å². The van der Waals surface area contributed by atoms with Crippen LogP contribution in [0.15, 0.2) is 107 Å². The quantitative estimate of drug-likeness (QED) is 0.328. The van der Waals surface area contributed by atoms with E-state index >= 15 is 0 Å². The molecule has 0 aliphatic rings. The molecule has 1 amide bonds. The van der Waals surface area contributed by atoms with Gasteiger partial charge in [-0.25, -0.2) is 13.8 Å². The maximum atomic E-state index is 13.3. The number of rotatable bonds is 7. The first-order chi connectivity index (χ1) is 15.9. The summed E-state index contributed by atoms with van der Waals surface area (Å²) in [5, 5.41) is 6.13. The van der Waals surface area contributed by atoms with Gasteiger partial charge in [0.25, 0.3) is 15.9 Å². The second-order valence-corrected chi connectivity index (χ2v) is 9.38. The topological polar surface area (TPSA) is 78.8 Å². The zero-order valence-corrected chi connectivity index (χ0v) is 18.9. The minimum atomic E-state index is -3.95. The maximum absolute atomic E-state index is 13.3. The molecule has 0 unspecified atom stereocenters. The van der Waals surface area contributed by atoms with Gasteiger partial charge >= 0.3 is 0 Å². The molecule has 0 bridgehead atoms. The van der Waals surface area contributed by atoms with E-state index in [1.165, 1.54) is 12.1 Å². The summed E-state index contributed by atoms with van der Waals surface area (Å²) in [7, 11) is -3.95. The number of amides is 1. The minimum Gasteiger partial charge on any atom is -0.271 e. The van der Waals surface area contributed by atoms with Gasteiger partial charge in [0.1, 0.15) is 6.54 Å². The second-order valence-electron chi connectivity index (χ2n) is 7.52. The molecule has 0 radical (unpaired) electrons. The summed E-state index contributed by atoms with van der Waals surface area (Å²) in [5.74, 6) is -0.549. The smallest absolute Gasteiger partial charge is 0.264 e. The van der Waals surface area contributed by atoms with E-state index in [0.717, 1.165) is 26.2 Å². The molecular formula is C26H23N3O3S. The molecule has 166 valence electrons. The van der Waals surface area contributed by atoms with Crippen molar-refractivity contribution in [3.05, 3.63) is 108 Å². The van der Waals surface area contributed by atoms with Crippen LogP contribution in [0.5, 0.6) is 0 Å². The largest absolute Gasteiger partial charge is 0.271 e. The lowest BCUT2D eigenvalue weighted by Gasteiger charge is -2.23. The highest BCUT2D eigenvalue weighted by Gasteiger charge is 2.27. The predicted molar refractivity (Wildman–Crippen MR) is 132 cm³/mol. The fourth-order valence-corrected chi connectivity index (χ4v) is 4.89. The number of hydrogen-bond acceptors (Lipinski definition) is 4. The zero-order chi connectivity index (χ0) is 23.3. The van der Waals surface area contributed by atoms with Gasteiger partial charge in [0.2, 0.25) is 0 Å². The Labute approximate surface area is 193 Å². The van der Waals surface area contributed by atoms with Crippen molar-refractivity contribution in [1.82, 2.24) is 5.43 Å². The molecule has 1 N–H and O–H groups in total. The van der Waals surface area contributed by atoms with Crippen LogP contribution in [0.4, 0.5) is 5.69 Å². The summed E-state index contributed by atoms with van der Waals surface area (Å²) >= 11 is 0. The van der Waals surface area contributed by atoms with E-state index in [1.807, 2.05) is 49.4 Å². The normalized spacial score (nSPS) is 11.5. The average Bonchev–Trinajstić information content (AvgIpc) is 2.84. The van der Waals surface area contributed by atoms with Crippen molar-refractivity contribution in [2.45, 2.75) is 11.8 Å². The summed E-state index contributed by atoms with van der Waals surface area (Å²) in [4.78, 5) is 12.8. The summed E-state index contributed by atoms with van der Waals surface area (Å²) in [6.45, 7) is 1.50. The van der Waals surface area contributed by atoms with E-state index in [-0.39, 0.29) is 4.90 Å². The average molecular weight is 458 g/mol. The molecule has 0 fully saturated rings. The molecule has 0 spiro atoms. The van der Waals surface area contributed by atoms with Crippen LogP contribution < -0.4 is 9.73 Å². The third-order valence-electron chi connectivity index (χ3n) is 5.16. The number of aryl methyl sites for hydroxylation is 1. The van der Waals surface area contributed by atoms with Crippen LogP contribution in [0.3, 0.4) is 0 Å². The van der Waals surface area contributed by atoms with Gasteiger partial charge in [-0.3, -0.25) is 9.10 Å². The summed E-state index contributed by atoms with van der Waals surface area (Å²) in [6.07, 6.45) is 1.56. The van der Waals surface area contributed by atoms with Gasteiger partial charge in [-0.2, -0.15) is 5.10 Å². The van der Waals surface area contributed by atoms with Gasteiger partial charge in [0, 0.05) is 5.56 Å². The first kappa shape index (κ1) is 22.2. The molecular weight excluding hydrogens is 434 g/mol. The Kier molecular flexibility index (Phi) is 6.51. The van der Waals surface area contributed by atoms with Crippen LogP contribution in [0, 0.1) is 6.92 Å². The number of carbonyl (C=O) groups excluding carboxylic acids is 1. The first-order valence-corrected chi connectivity index (χ1v) is 11.8. The van der Waals surface area contributed by atoms with E-state index in [1.54, 1.807) is 48.7 Å². The van der Waals surface area contributed by atoms with Crippen LogP contribution in [0.1, 0.15) is 11.1 Å².